The molecule has 10 heteroatoms. The first kappa shape index (κ1) is 24.8. The number of nitrogens with one attached hydrogen (secondary N) is 2. The zero-order chi connectivity index (χ0) is 25.5. The largest absolute Gasteiger partial charge is 0.507 e. The van der Waals surface area contributed by atoms with Gasteiger partial charge in [0.2, 0.25) is 6.79 Å². The first-order chi connectivity index (χ1) is 17.5. The Morgan fingerprint density at radius 3 is 2.64 bits per heavy atom. The molecule has 3 aromatic rings. The van der Waals surface area contributed by atoms with Crippen LogP contribution in [0.3, 0.4) is 0 Å². The number of allylic oxidation sites excluding steroid dienone is 1. The summed E-state index contributed by atoms with van der Waals surface area (Å²) in [7, 11) is 1.50. The van der Waals surface area contributed by atoms with Crippen molar-refractivity contribution in [2.45, 2.75) is 25.0 Å². The Morgan fingerprint density at radius 2 is 1.86 bits per heavy atom. The molecule has 0 saturated carbocycles. The zero-order valence-corrected chi connectivity index (χ0v) is 19.5. The van der Waals surface area contributed by atoms with Gasteiger partial charge < -0.3 is 24.1 Å². The molecule has 0 saturated heterocycles. The van der Waals surface area contributed by atoms with Crippen molar-refractivity contribution in [3.63, 3.8) is 0 Å². The Hall–Kier alpha value is -4.28. The summed E-state index contributed by atoms with van der Waals surface area (Å²) in [4.78, 5) is 24.2. The van der Waals surface area contributed by atoms with Crippen molar-refractivity contribution in [3.05, 3.63) is 72.3 Å². The number of carbonyl (C=O) groups excluding carboxylic acids is 2. The van der Waals surface area contributed by atoms with E-state index in [1.54, 1.807) is 48.5 Å². The highest BCUT2D eigenvalue weighted by molar-refractivity contribution is 5.92. The van der Waals surface area contributed by atoms with Crippen LogP contribution in [0, 0.1) is 0 Å². The smallest absolute Gasteiger partial charge is 0.412 e. The van der Waals surface area contributed by atoms with Gasteiger partial charge in [-0.3, -0.25) is 15.3 Å². The lowest BCUT2D eigenvalue weighted by atomic mass is 9.94. The van der Waals surface area contributed by atoms with Crippen molar-refractivity contribution < 1.29 is 38.9 Å². The van der Waals surface area contributed by atoms with E-state index in [1.165, 1.54) is 18.7 Å². The SMILES string of the molecule is CO[C@H](CC/C=C/C(=O)NO)[C@H](OC(=O)Nc1ccc2c(c1)OCO2)c1ccc(O)c2ccccc12. The van der Waals surface area contributed by atoms with Gasteiger partial charge in [-0.15, -0.1) is 0 Å². The molecule has 3 aromatic carbocycles. The molecule has 4 N–H and O–H groups in total. The van der Waals surface area contributed by atoms with Crippen molar-refractivity contribution in [1.82, 2.24) is 5.48 Å². The van der Waals surface area contributed by atoms with E-state index < -0.39 is 24.2 Å². The van der Waals surface area contributed by atoms with Crippen molar-refractivity contribution in [2.24, 2.45) is 0 Å². The molecular weight excluding hydrogens is 468 g/mol. The first-order valence-electron chi connectivity index (χ1n) is 11.2. The average Bonchev–Trinajstić information content (AvgIpc) is 3.36. The maximum absolute atomic E-state index is 13.0. The molecule has 1 aliphatic rings. The van der Waals surface area contributed by atoms with Crippen molar-refractivity contribution in [2.75, 3.05) is 19.2 Å². The van der Waals surface area contributed by atoms with Crippen LogP contribution in [0.25, 0.3) is 10.8 Å². The van der Waals surface area contributed by atoms with Gasteiger partial charge >= 0.3 is 6.09 Å². The Labute approximate surface area is 207 Å². The van der Waals surface area contributed by atoms with Gasteiger partial charge in [-0.2, -0.15) is 0 Å². The van der Waals surface area contributed by atoms with Gasteiger partial charge in [0.05, 0.1) is 6.10 Å². The third kappa shape index (κ3) is 5.68. The fraction of sp³-hybridized carbons (Fsp3) is 0.231. The van der Waals surface area contributed by atoms with Crippen LogP contribution >= 0.6 is 0 Å². The number of hydrogen-bond acceptors (Lipinski definition) is 8. The molecule has 0 radical (unpaired) electrons. The van der Waals surface area contributed by atoms with E-state index in [4.69, 9.17) is 24.2 Å². The highest BCUT2D eigenvalue weighted by Gasteiger charge is 2.29. The standard InChI is InChI=1S/C26H26N2O8/c1-33-22(8-4-5-9-24(30)28-32)25(19-11-12-20(29)18-7-3-2-6-17(18)19)36-26(31)27-16-10-13-21-23(14-16)35-15-34-21/h2-3,5-7,9-14,22,25,29,32H,4,8,15H2,1H3,(H,27,31)(H,28,30)/b9-5+/t22-,25-/m1/s1. The third-order valence-electron chi connectivity index (χ3n) is 5.73. The summed E-state index contributed by atoms with van der Waals surface area (Å²) >= 11 is 0. The van der Waals surface area contributed by atoms with E-state index in [2.05, 4.69) is 5.32 Å². The quantitative estimate of drug-likeness (QED) is 0.195. The number of amides is 2. The molecule has 188 valence electrons. The van der Waals surface area contributed by atoms with Gasteiger partial charge in [-0.25, -0.2) is 10.3 Å². The summed E-state index contributed by atoms with van der Waals surface area (Å²) in [5, 5.41) is 23.0. The van der Waals surface area contributed by atoms with E-state index in [-0.39, 0.29) is 12.5 Å². The van der Waals surface area contributed by atoms with Gasteiger partial charge in [0.15, 0.2) is 17.6 Å². The predicted molar refractivity (Wildman–Crippen MR) is 130 cm³/mol. The van der Waals surface area contributed by atoms with E-state index in [1.807, 2.05) is 12.1 Å². The van der Waals surface area contributed by atoms with Crippen molar-refractivity contribution in [3.8, 4) is 17.2 Å². The van der Waals surface area contributed by atoms with E-state index in [0.717, 1.165) is 0 Å². The number of carbonyl (C=O) groups is 2. The number of methoxy groups -OCH3 is 1. The normalized spacial score (nSPS) is 13.9. The molecule has 36 heavy (non-hydrogen) atoms. The molecule has 2 amide bonds. The first-order valence-corrected chi connectivity index (χ1v) is 11.2. The van der Waals surface area contributed by atoms with Crippen LogP contribution in [0.1, 0.15) is 24.5 Å². The van der Waals surface area contributed by atoms with Gasteiger partial charge in [0.1, 0.15) is 5.75 Å². The zero-order valence-electron chi connectivity index (χ0n) is 19.5. The molecule has 0 aromatic heterocycles. The van der Waals surface area contributed by atoms with Crippen LogP contribution in [0.2, 0.25) is 0 Å². The second-order valence-electron chi connectivity index (χ2n) is 7.97. The van der Waals surface area contributed by atoms with E-state index in [0.29, 0.717) is 46.4 Å². The lowest BCUT2D eigenvalue weighted by Crippen LogP contribution is -2.28. The van der Waals surface area contributed by atoms with Crippen LogP contribution in [0.15, 0.2) is 66.7 Å². The van der Waals surface area contributed by atoms with E-state index >= 15 is 0 Å². The molecule has 10 nitrogen and oxygen atoms in total. The number of benzene rings is 3. The molecule has 1 aliphatic heterocycles. The molecule has 2 atom stereocenters. The van der Waals surface area contributed by atoms with Gasteiger partial charge in [0.25, 0.3) is 5.91 Å². The number of hydroxylamine groups is 1. The number of anilines is 1. The van der Waals surface area contributed by atoms with Crippen LogP contribution in [-0.4, -0.2) is 42.3 Å². The minimum Gasteiger partial charge on any atom is -0.507 e. The van der Waals surface area contributed by atoms with Crippen molar-refractivity contribution >= 4 is 28.5 Å². The van der Waals surface area contributed by atoms with Gasteiger partial charge in [-0.05, 0) is 36.4 Å². The number of fused-ring (bicyclic) bond motifs is 2. The lowest BCUT2D eigenvalue weighted by molar-refractivity contribution is -0.124. The summed E-state index contributed by atoms with van der Waals surface area (Å²) < 4.78 is 22.2. The summed E-state index contributed by atoms with van der Waals surface area (Å²) in [5.74, 6) is 0.557. The maximum atomic E-state index is 13.0. The summed E-state index contributed by atoms with van der Waals surface area (Å²) in [6, 6.07) is 15.5. The topological polar surface area (TPSA) is 136 Å². The van der Waals surface area contributed by atoms with Crippen LogP contribution in [0.4, 0.5) is 10.5 Å². The summed E-state index contributed by atoms with van der Waals surface area (Å²) in [5.41, 5.74) is 2.64. The number of phenolic OH excluding ortho intramolecular Hbond substituents is 1. The summed E-state index contributed by atoms with van der Waals surface area (Å²) in [6.07, 6.45) is 1.42. The second-order valence-corrected chi connectivity index (χ2v) is 7.97. The average molecular weight is 495 g/mol. The van der Waals surface area contributed by atoms with Crippen LogP contribution in [-0.2, 0) is 14.3 Å². The molecule has 0 fully saturated rings. The molecule has 0 unspecified atom stereocenters. The number of aromatic hydroxyl groups is 1. The fourth-order valence-corrected chi connectivity index (χ4v) is 4.01. The Morgan fingerprint density at radius 1 is 1.08 bits per heavy atom. The number of hydrogen-bond donors (Lipinski definition) is 4. The van der Waals surface area contributed by atoms with Crippen molar-refractivity contribution in [1.29, 1.82) is 0 Å². The Balaban J connectivity index is 1.60. The molecule has 0 bridgehead atoms. The molecular formula is C26H26N2O8. The lowest BCUT2D eigenvalue weighted by Gasteiger charge is -2.27. The molecule has 0 spiro atoms. The molecule has 4 rings (SSSR count). The highest BCUT2D eigenvalue weighted by atomic mass is 16.7. The minimum atomic E-state index is -0.852. The fourth-order valence-electron chi connectivity index (χ4n) is 4.01. The second kappa shape index (κ2) is 11.4. The van der Waals surface area contributed by atoms with Crippen LogP contribution in [0.5, 0.6) is 17.2 Å². The Kier molecular flexibility index (Phi) is 7.89. The van der Waals surface area contributed by atoms with Gasteiger partial charge in [0, 0.05) is 35.9 Å². The van der Waals surface area contributed by atoms with Gasteiger partial charge in [-0.1, -0.05) is 36.4 Å². The number of phenols is 1. The maximum Gasteiger partial charge on any atom is 0.412 e. The molecule has 1 heterocycles. The Bertz CT molecular complexity index is 1280. The number of rotatable bonds is 9. The third-order valence-corrected chi connectivity index (χ3v) is 5.73. The highest BCUT2D eigenvalue weighted by Crippen LogP contribution is 2.37. The molecule has 0 aliphatic carbocycles. The van der Waals surface area contributed by atoms with Crippen LogP contribution < -0.4 is 20.3 Å². The van der Waals surface area contributed by atoms with E-state index in [9.17, 15) is 14.7 Å². The number of ether oxygens (including phenoxy) is 4. The minimum absolute atomic E-state index is 0.102. The predicted octanol–water partition coefficient (Wildman–Crippen LogP) is 4.42. The summed E-state index contributed by atoms with van der Waals surface area (Å²) in [6.45, 7) is 0.114. The monoisotopic (exact) mass is 494 g/mol.